The van der Waals surface area contributed by atoms with Crippen molar-refractivity contribution in [3.05, 3.63) is 23.8 Å². The number of likely N-dealkylation sites (tertiary alicyclic amines) is 1. The average molecular weight is 343 g/mol. The Hall–Kier alpha value is -1.53. The molecule has 1 amide bonds. The molecule has 1 aliphatic carbocycles. The maximum atomic E-state index is 11.3. The highest BCUT2D eigenvalue weighted by atomic mass is 16.1. The van der Waals surface area contributed by atoms with Gasteiger partial charge in [-0.2, -0.15) is 0 Å². The molecular formula is C19H29N5O. The Bertz CT molecular complexity index is 597. The van der Waals surface area contributed by atoms with E-state index in [0.29, 0.717) is 30.6 Å². The van der Waals surface area contributed by atoms with E-state index in [9.17, 15) is 4.79 Å². The summed E-state index contributed by atoms with van der Waals surface area (Å²) in [6.07, 6.45) is 11.4. The van der Waals surface area contributed by atoms with Gasteiger partial charge in [-0.05, 0) is 56.9 Å². The van der Waals surface area contributed by atoms with Gasteiger partial charge in [-0.1, -0.05) is 0 Å². The van der Waals surface area contributed by atoms with Crippen molar-refractivity contribution in [3.63, 3.8) is 0 Å². The summed E-state index contributed by atoms with van der Waals surface area (Å²) in [5, 5.41) is 0. The van der Waals surface area contributed by atoms with E-state index in [1.54, 1.807) is 0 Å². The molecule has 1 aromatic heterocycles. The van der Waals surface area contributed by atoms with Gasteiger partial charge in [-0.3, -0.25) is 14.6 Å². The van der Waals surface area contributed by atoms with Gasteiger partial charge in [0.1, 0.15) is 5.82 Å². The molecule has 1 aromatic rings. The number of fused-ring (bicyclic) bond motifs is 2. The number of piperazine rings is 1. The highest BCUT2D eigenvalue weighted by Gasteiger charge is 2.42. The van der Waals surface area contributed by atoms with Crippen molar-refractivity contribution in [1.82, 2.24) is 19.8 Å². The van der Waals surface area contributed by atoms with Crippen molar-refractivity contribution in [1.29, 1.82) is 0 Å². The van der Waals surface area contributed by atoms with Gasteiger partial charge in [0, 0.05) is 43.6 Å². The second kappa shape index (κ2) is 7.00. The van der Waals surface area contributed by atoms with Gasteiger partial charge in [0.15, 0.2) is 0 Å². The number of nitrogens with zero attached hydrogens (tertiary/aromatic N) is 4. The van der Waals surface area contributed by atoms with Crippen LogP contribution < -0.4 is 5.73 Å². The van der Waals surface area contributed by atoms with Gasteiger partial charge in [0.25, 0.3) is 0 Å². The molecule has 3 heterocycles. The molecule has 0 aromatic carbocycles. The number of carbonyl (C=O) groups is 1. The minimum Gasteiger partial charge on any atom is -0.369 e. The second-order valence-electron chi connectivity index (χ2n) is 8.05. The molecule has 2 N–H and O–H groups in total. The number of carbonyl (C=O) groups excluding carboxylic acids is 1. The van der Waals surface area contributed by atoms with E-state index in [-0.39, 0.29) is 5.91 Å². The predicted octanol–water partition coefficient (Wildman–Crippen LogP) is 1.45. The minimum atomic E-state index is -0.189. The Morgan fingerprint density at radius 1 is 1.04 bits per heavy atom. The van der Waals surface area contributed by atoms with Crippen LogP contribution in [0.1, 0.15) is 55.8 Å². The lowest BCUT2D eigenvalue weighted by Crippen LogP contribution is -2.58. The first-order valence-electron chi connectivity index (χ1n) is 9.67. The molecule has 0 spiro atoms. The van der Waals surface area contributed by atoms with Crippen molar-refractivity contribution < 1.29 is 4.79 Å². The van der Waals surface area contributed by atoms with Crippen LogP contribution in [0.25, 0.3) is 0 Å². The van der Waals surface area contributed by atoms with Gasteiger partial charge in [0.2, 0.25) is 5.91 Å². The van der Waals surface area contributed by atoms with Gasteiger partial charge < -0.3 is 5.73 Å². The number of aromatic nitrogens is 2. The largest absolute Gasteiger partial charge is 0.369 e. The molecule has 1 saturated carbocycles. The van der Waals surface area contributed by atoms with Gasteiger partial charge in [0.05, 0.1) is 6.54 Å². The normalized spacial score (nSPS) is 33.5. The topological polar surface area (TPSA) is 75.3 Å². The lowest BCUT2D eigenvalue weighted by Gasteiger charge is -2.45. The minimum absolute atomic E-state index is 0.189. The van der Waals surface area contributed by atoms with Crippen LogP contribution in [0, 0.1) is 6.92 Å². The Morgan fingerprint density at radius 2 is 1.60 bits per heavy atom. The van der Waals surface area contributed by atoms with Crippen LogP contribution >= 0.6 is 0 Å². The molecule has 6 heteroatoms. The smallest absolute Gasteiger partial charge is 0.231 e. The fourth-order valence-corrected chi connectivity index (χ4v) is 5.15. The molecule has 25 heavy (non-hydrogen) atoms. The summed E-state index contributed by atoms with van der Waals surface area (Å²) in [6.45, 7) is 4.58. The maximum Gasteiger partial charge on any atom is 0.231 e. The van der Waals surface area contributed by atoms with Crippen LogP contribution in [0.4, 0.5) is 0 Å². The lowest BCUT2D eigenvalue weighted by atomic mass is 9.82. The molecule has 2 bridgehead atoms. The molecule has 136 valence electrons. The zero-order valence-corrected chi connectivity index (χ0v) is 15.1. The average Bonchev–Trinajstić information content (AvgIpc) is 2.83. The zero-order chi connectivity index (χ0) is 17.4. The molecule has 3 fully saturated rings. The number of aryl methyl sites for hydroxylation is 1. The van der Waals surface area contributed by atoms with Crippen molar-refractivity contribution in [2.75, 3.05) is 19.6 Å². The monoisotopic (exact) mass is 343 g/mol. The van der Waals surface area contributed by atoms with E-state index in [1.807, 2.05) is 19.3 Å². The Morgan fingerprint density at radius 3 is 2.16 bits per heavy atom. The number of nitrogens with two attached hydrogens (primary N) is 1. The Kier molecular flexibility index (Phi) is 4.73. The van der Waals surface area contributed by atoms with E-state index < -0.39 is 0 Å². The van der Waals surface area contributed by atoms with Crippen molar-refractivity contribution >= 4 is 5.91 Å². The molecule has 2 aliphatic heterocycles. The van der Waals surface area contributed by atoms with Crippen LogP contribution in [0.3, 0.4) is 0 Å². The number of amides is 1. The fraction of sp³-hybridized carbons (Fsp3) is 0.737. The summed E-state index contributed by atoms with van der Waals surface area (Å²) in [5.41, 5.74) is 6.73. The SMILES string of the molecule is Cc1ncc([C@H]2CC[C@H](N3CC4CCC(C3)N4CC(N)=O)CC2)cn1. The highest BCUT2D eigenvalue weighted by Crippen LogP contribution is 2.37. The number of hydrogen-bond acceptors (Lipinski definition) is 5. The molecule has 2 unspecified atom stereocenters. The molecule has 2 saturated heterocycles. The first kappa shape index (κ1) is 16.9. The second-order valence-corrected chi connectivity index (χ2v) is 8.05. The van der Waals surface area contributed by atoms with Crippen LogP contribution in [0.15, 0.2) is 12.4 Å². The summed E-state index contributed by atoms with van der Waals surface area (Å²) in [5.74, 6) is 1.28. The lowest BCUT2D eigenvalue weighted by molar-refractivity contribution is -0.120. The third-order valence-corrected chi connectivity index (χ3v) is 6.49. The summed E-state index contributed by atoms with van der Waals surface area (Å²) in [6, 6.07) is 1.74. The predicted molar refractivity (Wildman–Crippen MR) is 96.0 cm³/mol. The summed E-state index contributed by atoms with van der Waals surface area (Å²) in [7, 11) is 0. The Labute approximate surface area is 149 Å². The molecule has 4 rings (SSSR count). The quantitative estimate of drug-likeness (QED) is 0.895. The first-order chi connectivity index (χ1) is 12.1. The van der Waals surface area contributed by atoms with Crippen molar-refractivity contribution in [2.45, 2.75) is 69.5 Å². The molecular weight excluding hydrogens is 314 g/mol. The molecule has 0 radical (unpaired) electrons. The van der Waals surface area contributed by atoms with Crippen molar-refractivity contribution in [2.24, 2.45) is 5.73 Å². The van der Waals surface area contributed by atoms with E-state index in [0.717, 1.165) is 18.9 Å². The van der Waals surface area contributed by atoms with E-state index >= 15 is 0 Å². The van der Waals surface area contributed by atoms with Crippen LogP contribution in [-0.4, -0.2) is 63.4 Å². The zero-order valence-electron chi connectivity index (χ0n) is 15.1. The van der Waals surface area contributed by atoms with E-state index in [2.05, 4.69) is 19.8 Å². The number of rotatable bonds is 4. The van der Waals surface area contributed by atoms with Gasteiger partial charge in [-0.25, -0.2) is 9.97 Å². The molecule has 2 atom stereocenters. The van der Waals surface area contributed by atoms with E-state index in [4.69, 9.17) is 5.73 Å². The van der Waals surface area contributed by atoms with Crippen molar-refractivity contribution in [3.8, 4) is 0 Å². The third kappa shape index (κ3) is 3.55. The van der Waals surface area contributed by atoms with Crippen LogP contribution in [0.5, 0.6) is 0 Å². The van der Waals surface area contributed by atoms with Gasteiger partial charge >= 0.3 is 0 Å². The first-order valence-corrected chi connectivity index (χ1v) is 9.67. The standard InChI is InChI=1S/C19H29N5O/c1-13-21-8-15(9-22-13)14-2-4-16(5-3-14)23-10-17-6-7-18(11-23)24(17)12-19(20)25/h8-9,14,16-18H,2-7,10-12H2,1H3,(H2,20,25)/t14-,16-,17?,18?. The third-order valence-electron chi connectivity index (χ3n) is 6.49. The summed E-state index contributed by atoms with van der Waals surface area (Å²) >= 11 is 0. The summed E-state index contributed by atoms with van der Waals surface area (Å²) in [4.78, 5) is 25.1. The van der Waals surface area contributed by atoms with Gasteiger partial charge in [-0.15, -0.1) is 0 Å². The highest BCUT2D eigenvalue weighted by molar-refractivity contribution is 5.76. The fourth-order valence-electron chi connectivity index (χ4n) is 5.15. The Balaban J connectivity index is 1.33. The van der Waals surface area contributed by atoms with E-state index in [1.165, 1.54) is 44.1 Å². The number of hydrogen-bond donors (Lipinski definition) is 1. The van der Waals surface area contributed by atoms with Crippen LogP contribution in [0.2, 0.25) is 0 Å². The number of primary amides is 1. The molecule has 6 nitrogen and oxygen atoms in total. The maximum absolute atomic E-state index is 11.3. The van der Waals surface area contributed by atoms with Crippen LogP contribution in [-0.2, 0) is 4.79 Å². The summed E-state index contributed by atoms with van der Waals surface area (Å²) < 4.78 is 0. The molecule has 3 aliphatic rings.